The van der Waals surface area contributed by atoms with Gasteiger partial charge in [-0.2, -0.15) is 0 Å². The third-order valence-corrected chi connectivity index (χ3v) is 4.02. The summed E-state index contributed by atoms with van der Waals surface area (Å²) in [6.07, 6.45) is 0. The molecular weight excluding hydrogens is 337 g/mol. The fourth-order valence-electron chi connectivity index (χ4n) is 2.83. The van der Waals surface area contributed by atoms with Gasteiger partial charge in [-0.15, -0.1) is 0 Å². The van der Waals surface area contributed by atoms with E-state index in [4.69, 9.17) is 0 Å². The summed E-state index contributed by atoms with van der Waals surface area (Å²) in [4.78, 5) is 29.0. The maximum absolute atomic E-state index is 13.5. The summed E-state index contributed by atoms with van der Waals surface area (Å²) in [7, 11) is 1.62. The molecule has 0 bridgehead atoms. The Morgan fingerprint density at radius 1 is 1.23 bits per heavy atom. The lowest BCUT2D eigenvalue weighted by atomic mass is 10.1. The minimum atomic E-state index is -0.473. The van der Waals surface area contributed by atoms with Gasteiger partial charge in [0.05, 0.1) is 16.0 Å². The number of nitrogens with zero attached hydrogens (tertiary/aromatic N) is 3. The first-order valence-corrected chi connectivity index (χ1v) is 7.91. The van der Waals surface area contributed by atoms with Crippen molar-refractivity contribution in [1.82, 2.24) is 9.88 Å². The van der Waals surface area contributed by atoms with Crippen molar-refractivity contribution in [3.63, 3.8) is 0 Å². The molecule has 1 amide bonds. The van der Waals surface area contributed by atoms with E-state index in [1.54, 1.807) is 32.2 Å². The van der Waals surface area contributed by atoms with Crippen LogP contribution in [0.4, 0.5) is 10.1 Å². The highest BCUT2D eigenvalue weighted by atomic mass is 19.1. The predicted octanol–water partition coefficient (Wildman–Crippen LogP) is 3.86. The quantitative estimate of drug-likeness (QED) is 0.527. The van der Waals surface area contributed by atoms with Crippen LogP contribution in [0.5, 0.6) is 0 Å². The number of benzene rings is 2. The molecule has 3 aromatic rings. The maximum Gasteiger partial charge on any atom is 0.269 e. The van der Waals surface area contributed by atoms with Gasteiger partial charge in [-0.25, -0.2) is 4.39 Å². The first-order valence-electron chi connectivity index (χ1n) is 7.91. The number of hydrogen-bond donors (Lipinski definition) is 0. The van der Waals surface area contributed by atoms with Gasteiger partial charge in [0, 0.05) is 42.9 Å². The molecule has 6 nitrogen and oxygen atoms in total. The predicted molar refractivity (Wildman–Crippen MR) is 95.3 cm³/mol. The molecule has 0 fully saturated rings. The van der Waals surface area contributed by atoms with Crippen molar-refractivity contribution in [1.29, 1.82) is 0 Å². The van der Waals surface area contributed by atoms with Crippen molar-refractivity contribution in [2.75, 3.05) is 7.05 Å². The van der Waals surface area contributed by atoms with Crippen molar-refractivity contribution in [2.24, 2.45) is 0 Å². The molecule has 3 rings (SSSR count). The number of carbonyl (C=O) groups excluding carboxylic acids is 1. The molecule has 0 aliphatic carbocycles. The highest BCUT2D eigenvalue weighted by Crippen LogP contribution is 2.22. The SMILES string of the molecule is Cc1cc(C(=O)N(C)Cc2cccc([N+](=O)[O-])c2)c2ccc(F)cc2n1. The molecule has 2 aromatic carbocycles. The van der Waals surface area contributed by atoms with Crippen LogP contribution in [0.25, 0.3) is 10.9 Å². The van der Waals surface area contributed by atoms with E-state index < -0.39 is 10.7 Å². The average Bonchev–Trinajstić information content (AvgIpc) is 2.60. The van der Waals surface area contributed by atoms with Crippen LogP contribution < -0.4 is 0 Å². The summed E-state index contributed by atoms with van der Waals surface area (Å²) in [6, 6.07) is 11.9. The van der Waals surface area contributed by atoms with Gasteiger partial charge in [0.25, 0.3) is 11.6 Å². The zero-order chi connectivity index (χ0) is 18.8. The van der Waals surface area contributed by atoms with Gasteiger partial charge in [0.1, 0.15) is 5.82 Å². The Hall–Kier alpha value is -3.35. The molecule has 26 heavy (non-hydrogen) atoms. The van der Waals surface area contributed by atoms with Crippen molar-refractivity contribution in [2.45, 2.75) is 13.5 Å². The van der Waals surface area contributed by atoms with E-state index >= 15 is 0 Å². The molecule has 1 aromatic heterocycles. The molecular formula is C19H16FN3O3. The number of halogens is 1. The maximum atomic E-state index is 13.5. The lowest BCUT2D eigenvalue weighted by Crippen LogP contribution is -2.26. The smallest absolute Gasteiger partial charge is 0.269 e. The van der Waals surface area contributed by atoms with Crippen LogP contribution >= 0.6 is 0 Å². The summed E-state index contributed by atoms with van der Waals surface area (Å²) < 4.78 is 13.5. The molecule has 0 N–H and O–H groups in total. The third kappa shape index (κ3) is 3.51. The van der Waals surface area contributed by atoms with Crippen LogP contribution in [0.2, 0.25) is 0 Å². The topological polar surface area (TPSA) is 76.3 Å². The van der Waals surface area contributed by atoms with Gasteiger partial charge in [-0.1, -0.05) is 12.1 Å². The number of carbonyl (C=O) groups is 1. The van der Waals surface area contributed by atoms with Crippen LogP contribution in [0.3, 0.4) is 0 Å². The van der Waals surface area contributed by atoms with Gasteiger partial charge < -0.3 is 4.90 Å². The van der Waals surface area contributed by atoms with Crippen LogP contribution in [0, 0.1) is 22.9 Å². The van der Waals surface area contributed by atoms with Gasteiger partial charge in [0.15, 0.2) is 0 Å². The number of pyridine rings is 1. The Morgan fingerprint density at radius 2 is 2.00 bits per heavy atom. The summed E-state index contributed by atoms with van der Waals surface area (Å²) in [5, 5.41) is 11.5. The number of fused-ring (bicyclic) bond motifs is 1. The summed E-state index contributed by atoms with van der Waals surface area (Å²) in [6.45, 7) is 1.95. The molecule has 0 unspecified atom stereocenters. The number of hydrogen-bond acceptors (Lipinski definition) is 4. The highest BCUT2D eigenvalue weighted by molar-refractivity contribution is 6.06. The van der Waals surface area contributed by atoms with Crippen molar-refractivity contribution >= 4 is 22.5 Å². The molecule has 0 radical (unpaired) electrons. The Bertz CT molecular complexity index is 1010. The van der Waals surface area contributed by atoms with Crippen LogP contribution in [-0.4, -0.2) is 27.8 Å². The van der Waals surface area contributed by atoms with E-state index in [2.05, 4.69) is 4.98 Å². The molecule has 1 heterocycles. The summed E-state index contributed by atoms with van der Waals surface area (Å²) in [5.41, 5.74) is 2.06. The number of aryl methyl sites for hydroxylation is 1. The second kappa shape index (κ2) is 6.87. The minimum absolute atomic E-state index is 0.0240. The zero-order valence-electron chi connectivity index (χ0n) is 14.3. The third-order valence-electron chi connectivity index (χ3n) is 4.02. The number of aromatic nitrogens is 1. The Labute approximate surface area is 149 Å². The standard InChI is InChI=1S/C19H16FN3O3/c1-12-8-17(16-7-6-14(20)10-18(16)21-12)19(24)22(2)11-13-4-3-5-15(9-13)23(25)26/h3-10H,11H2,1-2H3. The second-order valence-electron chi connectivity index (χ2n) is 6.06. The minimum Gasteiger partial charge on any atom is -0.337 e. The number of nitro groups is 1. The van der Waals surface area contributed by atoms with Gasteiger partial charge in [0.2, 0.25) is 0 Å². The first-order chi connectivity index (χ1) is 12.3. The van der Waals surface area contributed by atoms with E-state index in [1.165, 1.54) is 35.2 Å². The van der Waals surface area contributed by atoms with Crippen molar-refractivity contribution in [3.05, 3.63) is 81.3 Å². The van der Waals surface area contributed by atoms with Crippen molar-refractivity contribution < 1.29 is 14.1 Å². The Morgan fingerprint density at radius 3 is 2.73 bits per heavy atom. The first kappa shape index (κ1) is 17.5. The van der Waals surface area contributed by atoms with E-state index in [9.17, 15) is 19.3 Å². The lowest BCUT2D eigenvalue weighted by molar-refractivity contribution is -0.384. The average molecular weight is 353 g/mol. The van der Waals surface area contributed by atoms with E-state index in [1.807, 2.05) is 0 Å². The van der Waals surface area contributed by atoms with Crippen molar-refractivity contribution in [3.8, 4) is 0 Å². The monoisotopic (exact) mass is 353 g/mol. The fraction of sp³-hybridized carbons (Fsp3) is 0.158. The number of amides is 1. The van der Waals surface area contributed by atoms with Crippen LogP contribution in [0.1, 0.15) is 21.6 Å². The molecule has 0 spiro atoms. The number of non-ortho nitro benzene ring substituents is 1. The van der Waals surface area contributed by atoms with E-state index in [0.29, 0.717) is 27.7 Å². The Kier molecular flexibility index (Phi) is 4.62. The molecule has 0 aliphatic heterocycles. The number of nitro benzene ring substituents is 1. The second-order valence-corrected chi connectivity index (χ2v) is 6.06. The molecule has 0 saturated heterocycles. The normalized spacial score (nSPS) is 10.7. The van der Waals surface area contributed by atoms with Gasteiger partial charge in [-0.3, -0.25) is 19.9 Å². The van der Waals surface area contributed by atoms with E-state index in [0.717, 1.165) is 0 Å². The van der Waals surface area contributed by atoms with Gasteiger partial charge in [-0.05, 0) is 30.7 Å². The Balaban J connectivity index is 1.93. The van der Waals surface area contributed by atoms with Crippen LogP contribution in [0.15, 0.2) is 48.5 Å². The van der Waals surface area contributed by atoms with E-state index in [-0.39, 0.29) is 18.1 Å². The molecule has 0 saturated carbocycles. The van der Waals surface area contributed by atoms with Crippen LogP contribution in [-0.2, 0) is 6.54 Å². The largest absolute Gasteiger partial charge is 0.337 e. The molecule has 7 heteroatoms. The molecule has 132 valence electrons. The fourth-order valence-corrected chi connectivity index (χ4v) is 2.83. The molecule has 0 aliphatic rings. The molecule has 0 atom stereocenters. The van der Waals surface area contributed by atoms with Gasteiger partial charge >= 0.3 is 0 Å². The zero-order valence-corrected chi connectivity index (χ0v) is 14.3. The summed E-state index contributed by atoms with van der Waals surface area (Å²) >= 11 is 0. The lowest BCUT2D eigenvalue weighted by Gasteiger charge is -2.18. The summed E-state index contributed by atoms with van der Waals surface area (Å²) in [5.74, 6) is -0.683. The number of rotatable bonds is 4. The highest BCUT2D eigenvalue weighted by Gasteiger charge is 2.17.